The summed E-state index contributed by atoms with van der Waals surface area (Å²) in [6.07, 6.45) is 0. The molecule has 21 heavy (non-hydrogen) atoms. The van der Waals surface area contributed by atoms with E-state index in [1.165, 1.54) is 16.4 Å². The van der Waals surface area contributed by atoms with Gasteiger partial charge in [-0.15, -0.1) is 12.4 Å². The number of nitrogens with one attached hydrogen (secondary N) is 1. The molecule has 0 bridgehead atoms. The smallest absolute Gasteiger partial charge is 0.289 e. The number of rotatable bonds is 3. The van der Waals surface area contributed by atoms with Crippen molar-refractivity contribution < 1.29 is 13.3 Å². The summed E-state index contributed by atoms with van der Waals surface area (Å²) < 4.78 is 26.7. The summed E-state index contributed by atoms with van der Waals surface area (Å²) in [6.45, 7) is 4.63. The zero-order chi connectivity index (χ0) is 14.9. The molecule has 1 heterocycles. The third kappa shape index (κ3) is 3.52. The first kappa shape index (κ1) is 17.8. The molecule has 2 rings (SSSR count). The Morgan fingerprint density at radius 3 is 2.67 bits per heavy atom. The summed E-state index contributed by atoms with van der Waals surface area (Å²) in [5.74, 6) is 0. The first-order valence-corrected chi connectivity index (χ1v) is 7.75. The van der Waals surface area contributed by atoms with Crippen LogP contribution in [0.15, 0.2) is 23.1 Å². The molecule has 118 valence electrons. The van der Waals surface area contributed by atoms with E-state index >= 15 is 0 Å². The van der Waals surface area contributed by atoms with Gasteiger partial charge in [-0.25, -0.2) is 8.42 Å². The number of piperazine rings is 1. The van der Waals surface area contributed by atoms with Crippen LogP contribution in [0.25, 0.3) is 0 Å². The van der Waals surface area contributed by atoms with Crippen LogP contribution in [-0.4, -0.2) is 43.3 Å². The van der Waals surface area contributed by atoms with Gasteiger partial charge in [-0.3, -0.25) is 10.1 Å². The minimum Gasteiger partial charge on any atom is -0.312 e. The van der Waals surface area contributed by atoms with E-state index in [0.29, 0.717) is 25.2 Å². The van der Waals surface area contributed by atoms with E-state index in [0.717, 1.165) is 0 Å². The van der Waals surface area contributed by atoms with Gasteiger partial charge in [0.05, 0.1) is 4.92 Å². The number of aryl methyl sites for hydroxylation is 1. The van der Waals surface area contributed by atoms with Crippen LogP contribution in [0.4, 0.5) is 5.69 Å². The highest BCUT2D eigenvalue weighted by atomic mass is 35.5. The van der Waals surface area contributed by atoms with E-state index in [2.05, 4.69) is 5.32 Å². The Labute approximate surface area is 129 Å². The number of benzene rings is 1. The summed E-state index contributed by atoms with van der Waals surface area (Å²) in [5, 5.41) is 14.2. The van der Waals surface area contributed by atoms with Crippen molar-refractivity contribution in [3.05, 3.63) is 33.9 Å². The predicted molar refractivity (Wildman–Crippen MR) is 81.3 cm³/mol. The Morgan fingerprint density at radius 1 is 1.43 bits per heavy atom. The van der Waals surface area contributed by atoms with Gasteiger partial charge in [-0.05, 0) is 19.4 Å². The van der Waals surface area contributed by atoms with Crippen LogP contribution >= 0.6 is 12.4 Å². The van der Waals surface area contributed by atoms with Crippen LogP contribution in [0, 0.1) is 17.0 Å². The first-order chi connectivity index (χ1) is 9.34. The average molecular weight is 336 g/mol. The zero-order valence-electron chi connectivity index (χ0n) is 11.8. The lowest BCUT2D eigenvalue weighted by Gasteiger charge is -2.31. The van der Waals surface area contributed by atoms with Gasteiger partial charge >= 0.3 is 0 Å². The van der Waals surface area contributed by atoms with Crippen molar-refractivity contribution in [2.24, 2.45) is 0 Å². The van der Waals surface area contributed by atoms with E-state index in [1.54, 1.807) is 13.0 Å². The van der Waals surface area contributed by atoms with Crippen molar-refractivity contribution in [2.45, 2.75) is 24.8 Å². The SMILES string of the molecule is Cc1cccc([N+](=O)[O-])c1S(=O)(=O)N1CCN[C@@H](C)C1.Cl. The molecule has 1 aliphatic heterocycles. The molecular weight excluding hydrogens is 318 g/mol. The molecule has 0 amide bonds. The second-order valence-corrected chi connectivity index (χ2v) is 6.77. The Kier molecular flexibility index (Phi) is 5.68. The third-order valence-corrected chi connectivity index (χ3v) is 5.38. The van der Waals surface area contributed by atoms with E-state index < -0.39 is 14.9 Å². The fourth-order valence-corrected chi connectivity index (χ4v) is 4.25. The maximum atomic E-state index is 12.7. The second kappa shape index (κ2) is 6.69. The number of hydrogen-bond acceptors (Lipinski definition) is 5. The molecule has 0 saturated carbocycles. The highest BCUT2D eigenvalue weighted by Crippen LogP contribution is 2.30. The molecule has 0 aliphatic carbocycles. The summed E-state index contributed by atoms with van der Waals surface area (Å²) in [4.78, 5) is 10.2. The van der Waals surface area contributed by atoms with Crippen LogP contribution in [0.2, 0.25) is 0 Å². The van der Waals surface area contributed by atoms with Crippen LogP contribution in [0.5, 0.6) is 0 Å². The molecule has 1 saturated heterocycles. The van der Waals surface area contributed by atoms with E-state index in [4.69, 9.17) is 0 Å². The summed E-state index contributed by atoms with van der Waals surface area (Å²) in [7, 11) is -3.85. The van der Waals surface area contributed by atoms with Crippen molar-refractivity contribution >= 4 is 28.1 Å². The molecule has 0 spiro atoms. The number of halogens is 1. The molecule has 7 nitrogen and oxygen atoms in total. The summed E-state index contributed by atoms with van der Waals surface area (Å²) in [6, 6.07) is 4.32. The van der Waals surface area contributed by atoms with Gasteiger partial charge in [-0.2, -0.15) is 4.31 Å². The maximum absolute atomic E-state index is 12.7. The first-order valence-electron chi connectivity index (χ1n) is 6.31. The number of sulfonamides is 1. The van der Waals surface area contributed by atoms with Crippen LogP contribution < -0.4 is 5.32 Å². The molecule has 1 atom stereocenters. The maximum Gasteiger partial charge on any atom is 0.289 e. The Bertz CT molecular complexity index is 635. The zero-order valence-corrected chi connectivity index (χ0v) is 13.4. The minimum absolute atomic E-state index is 0. The molecule has 0 unspecified atom stereocenters. The predicted octanol–water partition coefficient (Wildman–Crippen LogP) is 1.31. The largest absolute Gasteiger partial charge is 0.312 e. The van der Waals surface area contributed by atoms with Crippen LogP contribution in [0.1, 0.15) is 12.5 Å². The average Bonchev–Trinajstić information content (AvgIpc) is 2.38. The van der Waals surface area contributed by atoms with Crippen LogP contribution in [-0.2, 0) is 10.0 Å². The lowest BCUT2D eigenvalue weighted by molar-refractivity contribution is -0.387. The number of nitro benzene ring substituents is 1. The van der Waals surface area contributed by atoms with Crippen molar-refractivity contribution in [1.29, 1.82) is 0 Å². The summed E-state index contributed by atoms with van der Waals surface area (Å²) >= 11 is 0. The monoisotopic (exact) mass is 335 g/mol. The topological polar surface area (TPSA) is 92.5 Å². The second-order valence-electron chi connectivity index (χ2n) is 4.90. The fourth-order valence-electron chi connectivity index (χ4n) is 2.36. The van der Waals surface area contributed by atoms with E-state index in [1.807, 2.05) is 6.92 Å². The Morgan fingerprint density at radius 2 is 2.10 bits per heavy atom. The number of hydrogen-bond donors (Lipinski definition) is 1. The molecule has 0 aromatic heterocycles. The Hall–Kier alpha value is -1.22. The highest BCUT2D eigenvalue weighted by molar-refractivity contribution is 7.89. The fraction of sp³-hybridized carbons (Fsp3) is 0.500. The van der Waals surface area contributed by atoms with Gasteiger partial charge in [0, 0.05) is 31.7 Å². The van der Waals surface area contributed by atoms with Crippen molar-refractivity contribution in [3.8, 4) is 0 Å². The van der Waals surface area contributed by atoms with Gasteiger partial charge in [0.1, 0.15) is 0 Å². The van der Waals surface area contributed by atoms with Gasteiger partial charge in [0.2, 0.25) is 10.0 Å². The molecule has 9 heteroatoms. The number of nitro groups is 1. The van der Waals surface area contributed by atoms with Crippen molar-refractivity contribution in [3.63, 3.8) is 0 Å². The lowest BCUT2D eigenvalue weighted by atomic mass is 10.2. The van der Waals surface area contributed by atoms with Gasteiger partial charge in [0.15, 0.2) is 4.90 Å². The molecule has 0 radical (unpaired) electrons. The van der Waals surface area contributed by atoms with Gasteiger partial charge in [0.25, 0.3) is 5.69 Å². The molecule has 1 fully saturated rings. The normalized spacial score (nSPS) is 19.8. The molecule has 1 aliphatic rings. The van der Waals surface area contributed by atoms with Gasteiger partial charge < -0.3 is 5.32 Å². The quantitative estimate of drug-likeness (QED) is 0.664. The number of nitrogens with zero attached hydrogens (tertiary/aromatic N) is 2. The minimum atomic E-state index is -3.85. The molecule has 1 N–H and O–H groups in total. The Balaban J connectivity index is 0.00000220. The van der Waals surface area contributed by atoms with Crippen molar-refractivity contribution in [1.82, 2.24) is 9.62 Å². The van der Waals surface area contributed by atoms with Crippen LogP contribution in [0.3, 0.4) is 0 Å². The van der Waals surface area contributed by atoms with E-state index in [-0.39, 0.29) is 29.0 Å². The van der Waals surface area contributed by atoms with Gasteiger partial charge in [-0.1, -0.05) is 12.1 Å². The molecule has 1 aromatic carbocycles. The summed E-state index contributed by atoms with van der Waals surface area (Å²) in [5.41, 5.74) is 0.0292. The van der Waals surface area contributed by atoms with Crippen molar-refractivity contribution in [2.75, 3.05) is 19.6 Å². The lowest BCUT2D eigenvalue weighted by Crippen LogP contribution is -2.51. The third-order valence-electron chi connectivity index (χ3n) is 3.32. The standard InChI is InChI=1S/C12H17N3O4S.ClH/c1-9-4-3-5-11(15(16)17)12(9)20(18,19)14-7-6-13-10(2)8-14;/h3-5,10,13H,6-8H2,1-2H3;1H/t10-;/m0./s1. The molecule has 1 aromatic rings. The molecular formula is C12H18ClN3O4S. The highest BCUT2D eigenvalue weighted by Gasteiger charge is 2.35. The van der Waals surface area contributed by atoms with E-state index in [9.17, 15) is 18.5 Å².